The van der Waals surface area contributed by atoms with Crippen LogP contribution in [0.4, 0.5) is 4.39 Å². The summed E-state index contributed by atoms with van der Waals surface area (Å²) >= 11 is 0. The number of rotatable bonds is 1. The zero-order chi connectivity index (χ0) is 11.0. The minimum absolute atomic E-state index is 0.142. The molecule has 2 unspecified atom stereocenters. The Balaban J connectivity index is 2.55. The van der Waals surface area contributed by atoms with E-state index in [0.29, 0.717) is 18.4 Å². The van der Waals surface area contributed by atoms with Crippen LogP contribution in [0.1, 0.15) is 23.5 Å². The highest BCUT2D eigenvalue weighted by atomic mass is 19.1. The number of hydrogen-bond acceptors (Lipinski definition) is 2. The summed E-state index contributed by atoms with van der Waals surface area (Å²) < 4.78 is 13.5. The molecule has 2 N–H and O–H groups in total. The molecular formula is C11H11FO3. The number of halogens is 1. The van der Waals surface area contributed by atoms with Crippen LogP contribution >= 0.6 is 0 Å². The fourth-order valence-corrected chi connectivity index (χ4v) is 2.10. The summed E-state index contributed by atoms with van der Waals surface area (Å²) in [7, 11) is 0. The lowest BCUT2D eigenvalue weighted by Gasteiger charge is -2.27. The van der Waals surface area contributed by atoms with Gasteiger partial charge in [-0.05, 0) is 24.5 Å². The summed E-state index contributed by atoms with van der Waals surface area (Å²) in [4.78, 5) is 11.0. The van der Waals surface area contributed by atoms with Crippen molar-refractivity contribution < 1.29 is 19.4 Å². The molecular weight excluding hydrogens is 199 g/mol. The van der Waals surface area contributed by atoms with Gasteiger partial charge in [0.05, 0.1) is 6.10 Å². The maximum Gasteiger partial charge on any atom is 0.313 e. The molecule has 1 aromatic rings. The third-order valence-electron chi connectivity index (χ3n) is 2.81. The molecule has 0 fully saturated rings. The van der Waals surface area contributed by atoms with Crippen molar-refractivity contribution in [2.45, 2.75) is 24.9 Å². The minimum atomic E-state index is -1.17. The molecule has 0 aliphatic heterocycles. The third-order valence-corrected chi connectivity index (χ3v) is 2.81. The first kappa shape index (κ1) is 10.1. The van der Waals surface area contributed by atoms with Gasteiger partial charge in [-0.15, -0.1) is 0 Å². The van der Waals surface area contributed by atoms with E-state index >= 15 is 0 Å². The van der Waals surface area contributed by atoms with Crippen molar-refractivity contribution in [2.75, 3.05) is 0 Å². The van der Waals surface area contributed by atoms with E-state index in [0.717, 1.165) is 0 Å². The zero-order valence-electron chi connectivity index (χ0n) is 7.98. The smallest absolute Gasteiger partial charge is 0.313 e. The number of aliphatic hydroxyl groups is 1. The van der Waals surface area contributed by atoms with Crippen LogP contribution in [-0.4, -0.2) is 22.3 Å². The highest BCUT2D eigenvalue weighted by Gasteiger charge is 2.35. The van der Waals surface area contributed by atoms with Gasteiger partial charge in [-0.3, -0.25) is 4.79 Å². The Kier molecular flexibility index (Phi) is 2.44. The first-order valence-electron chi connectivity index (χ1n) is 4.79. The van der Waals surface area contributed by atoms with Crippen molar-refractivity contribution >= 4 is 5.97 Å². The second kappa shape index (κ2) is 3.62. The van der Waals surface area contributed by atoms with Gasteiger partial charge in [0.25, 0.3) is 0 Å². The van der Waals surface area contributed by atoms with E-state index in [1.807, 2.05) is 0 Å². The molecule has 80 valence electrons. The standard InChI is InChI=1S/C11H11FO3/c12-7-3-1-2-6-4-5-8(13)10(9(6)7)11(14)15/h1-3,8,10,13H,4-5H2,(H,14,15). The van der Waals surface area contributed by atoms with Crippen LogP contribution in [0.5, 0.6) is 0 Å². The van der Waals surface area contributed by atoms with Crippen molar-refractivity contribution in [3.63, 3.8) is 0 Å². The molecule has 1 aromatic carbocycles. The van der Waals surface area contributed by atoms with Crippen LogP contribution in [0.25, 0.3) is 0 Å². The Morgan fingerprint density at radius 2 is 2.20 bits per heavy atom. The van der Waals surface area contributed by atoms with Gasteiger partial charge in [-0.1, -0.05) is 12.1 Å². The fourth-order valence-electron chi connectivity index (χ4n) is 2.10. The molecule has 4 heteroatoms. The molecule has 0 bridgehead atoms. The average molecular weight is 210 g/mol. The molecule has 3 nitrogen and oxygen atoms in total. The van der Waals surface area contributed by atoms with Crippen molar-refractivity contribution in [1.82, 2.24) is 0 Å². The summed E-state index contributed by atoms with van der Waals surface area (Å²) in [5.41, 5.74) is 0.830. The lowest BCUT2D eigenvalue weighted by Crippen LogP contribution is -2.32. The lowest BCUT2D eigenvalue weighted by atomic mass is 9.80. The summed E-state index contributed by atoms with van der Waals surface area (Å²) in [5, 5.41) is 18.5. The Labute approximate surface area is 86.2 Å². The molecule has 0 amide bonds. The highest BCUT2D eigenvalue weighted by molar-refractivity contribution is 5.78. The lowest BCUT2D eigenvalue weighted by molar-refractivity contribution is -0.142. The third kappa shape index (κ3) is 1.61. The van der Waals surface area contributed by atoms with E-state index in [-0.39, 0.29) is 5.56 Å². The second-order valence-corrected chi connectivity index (χ2v) is 3.73. The summed E-state index contributed by atoms with van der Waals surface area (Å²) in [5.74, 6) is -2.85. The fraction of sp³-hybridized carbons (Fsp3) is 0.364. The molecule has 0 saturated heterocycles. The van der Waals surface area contributed by atoms with Crippen LogP contribution in [0.2, 0.25) is 0 Å². The molecule has 0 spiro atoms. The number of aliphatic hydroxyl groups excluding tert-OH is 1. The number of carboxylic acids is 1. The first-order valence-corrected chi connectivity index (χ1v) is 4.79. The maximum atomic E-state index is 13.5. The quantitative estimate of drug-likeness (QED) is 0.734. The number of carbonyl (C=O) groups is 1. The maximum absolute atomic E-state index is 13.5. The second-order valence-electron chi connectivity index (χ2n) is 3.73. The summed E-state index contributed by atoms with van der Waals surface area (Å²) in [6.45, 7) is 0. The normalized spacial score (nSPS) is 24.7. The van der Waals surface area contributed by atoms with E-state index < -0.39 is 23.8 Å². The van der Waals surface area contributed by atoms with Crippen molar-refractivity contribution in [2.24, 2.45) is 0 Å². The summed E-state index contributed by atoms with van der Waals surface area (Å²) in [6, 6.07) is 4.50. The number of aliphatic carboxylic acids is 1. The topological polar surface area (TPSA) is 57.5 Å². The van der Waals surface area contributed by atoms with Crippen molar-refractivity contribution in [3.05, 3.63) is 35.1 Å². The molecule has 1 aliphatic rings. The zero-order valence-corrected chi connectivity index (χ0v) is 7.98. The van der Waals surface area contributed by atoms with Gasteiger partial charge >= 0.3 is 5.97 Å². The number of aryl methyl sites for hydroxylation is 1. The predicted molar refractivity (Wildman–Crippen MR) is 51.1 cm³/mol. The number of benzene rings is 1. The van der Waals surface area contributed by atoms with E-state index in [4.69, 9.17) is 5.11 Å². The SMILES string of the molecule is O=C(O)C1c2c(F)cccc2CCC1O. The minimum Gasteiger partial charge on any atom is -0.481 e. The van der Waals surface area contributed by atoms with Gasteiger partial charge in [0.2, 0.25) is 0 Å². The van der Waals surface area contributed by atoms with Gasteiger partial charge in [-0.2, -0.15) is 0 Å². The van der Waals surface area contributed by atoms with Gasteiger partial charge in [-0.25, -0.2) is 4.39 Å². The monoisotopic (exact) mass is 210 g/mol. The van der Waals surface area contributed by atoms with Crippen molar-refractivity contribution in [1.29, 1.82) is 0 Å². The van der Waals surface area contributed by atoms with E-state index in [2.05, 4.69) is 0 Å². The number of fused-ring (bicyclic) bond motifs is 1. The predicted octanol–water partition coefficient (Wildman–Crippen LogP) is 1.30. The van der Waals surface area contributed by atoms with Crippen LogP contribution in [-0.2, 0) is 11.2 Å². The summed E-state index contributed by atoms with van der Waals surface area (Å²) in [6.07, 6.45) is -0.0993. The van der Waals surface area contributed by atoms with Crippen LogP contribution in [0, 0.1) is 5.82 Å². The average Bonchev–Trinajstić information content (AvgIpc) is 2.18. The molecule has 1 aliphatic carbocycles. The van der Waals surface area contributed by atoms with Crippen LogP contribution in [0.3, 0.4) is 0 Å². The Morgan fingerprint density at radius 1 is 1.47 bits per heavy atom. The van der Waals surface area contributed by atoms with E-state index in [9.17, 15) is 14.3 Å². The Hall–Kier alpha value is -1.42. The highest BCUT2D eigenvalue weighted by Crippen LogP contribution is 2.33. The van der Waals surface area contributed by atoms with Crippen molar-refractivity contribution in [3.8, 4) is 0 Å². The first-order chi connectivity index (χ1) is 7.11. The molecule has 0 aromatic heterocycles. The molecule has 0 heterocycles. The molecule has 15 heavy (non-hydrogen) atoms. The molecule has 0 saturated carbocycles. The Morgan fingerprint density at radius 3 is 2.87 bits per heavy atom. The van der Waals surface area contributed by atoms with Gasteiger partial charge in [0, 0.05) is 5.56 Å². The largest absolute Gasteiger partial charge is 0.481 e. The molecule has 2 atom stereocenters. The van der Waals surface area contributed by atoms with Gasteiger partial charge in [0.1, 0.15) is 11.7 Å². The van der Waals surface area contributed by atoms with E-state index in [1.165, 1.54) is 6.07 Å². The van der Waals surface area contributed by atoms with Gasteiger partial charge in [0.15, 0.2) is 0 Å². The number of carboxylic acid groups (broad SMARTS) is 1. The number of hydrogen-bond donors (Lipinski definition) is 2. The molecule has 2 rings (SSSR count). The van der Waals surface area contributed by atoms with Crippen LogP contribution < -0.4 is 0 Å². The Bertz CT molecular complexity index is 403. The van der Waals surface area contributed by atoms with Gasteiger partial charge < -0.3 is 10.2 Å². The van der Waals surface area contributed by atoms with Crippen LogP contribution in [0.15, 0.2) is 18.2 Å². The van der Waals surface area contributed by atoms with E-state index in [1.54, 1.807) is 12.1 Å². The molecule has 0 radical (unpaired) electrons.